The average Bonchev–Trinajstić information content (AvgIpc) is 3.30. The van der Waals surface area contributed by atoms with Crippen LogP contribution in [-0.2, 0) is 13.1 Å². The Labute approximate surface area is 158 Å². The summed E-state index contributed by atoms with van der Waals surface area (Å²) in [6.45, 7) is 0.666. The molecule has 2 N–H and O–H groups in total. The minimum atomic E-state index is -0.531. The Morgan fingerprint density at radius 2 is 1.79 bits per heavy atom. The molecule has 0 saturated carbocycles. The molecule has 1 aliphatic heterocycles. The van der Waals surface area contributed by atoms with Crippen LogP contribution in [0.25, 0.3) is 0 Å². The summed E-state index contributed by atoms with van der Waals surface area (Å²) in [5, 5.41) is 20.3. The number of nitrogens with one attached hydrogen (secondary N) is 2. The van der Waals surface area contributed by atoms with Crippen molar-refractivity contribution >= 4 is 23.3 Å². The Kier molecular flexibility index (Phi) is 4.28. The molecule has 0 radical (unpaired) electrons. The van der Waals surface area contributed by atoms with Crippen molar-refractivity contribution in [2.24, 2.45) is 0 Å². The number of rotatable bonds is 4. The van der Waals surface area contributed by atoms with Crippen molar-refractivity contribution < 1.29 is 14.5 Å². The lowest BCUT2D eigenvalue weighted by atomic mass is 10.2. The van der Waals surface area contributed by atoms with Crippen LogP contribution in [-0.4, -0.2) is 36.8 Å². The van der Waals surface area contributed by atoms with Crippen molar-refractivity contribution in [1.82, 2.24) is 20.1 Å². The van der Waals surface area contributed by atoms with Crippen LogP contribution in [0.3, 0.4) is 0 Å². The van der Waals surface area contributed by atoms with Gasteiger partial charge in [-0.2, -0.15) is 5.10 Å². The summed E-state index contributed by atoms with van der Waals surface area (Å²) in [5.41, 5.74) is 2.19. The van der Waals surface area contributed by atoms with Gasteiger partial charge in [-0.1, -0.05) is 0 Å². The molecule has 3 heterocycles. The van der Waals surface area contributed by atoms with Gasteiger partial charge < -0.3 is 10.2 Å². The Bertz CT molecular complexity index is 1060. The van der Waals surface area contributed by atoms with Crippen molar-refractivity contribution in [2.45, 2.75) is 13.1 Å². The van der Waals surface area contributed by atoms with Gasteiger partial charge in [-0.25, -0.2) is 0 Å². The molecule has 0 fully saturated rings. The van der Waals surface area contributed by atoms with E-state index in [1.54, 1.807) is 29.4 Å². The number of H-pyrrole nitrogens is 1. The third-order valence-electron chi connectivity index (χ3n) is 4.44. The number of non-ortho nitro benzene ring substituents is 1. The number of amides is 2. The van der Waals surface area contributed by atoms with Crippen LogP contribution in [0, 0.1) is 10.1 Å². The van der Waals surface area contributed by atoms with Gasteiger partial charge in [0.05, 0.1) is 23.7 Å². The second kappa shape index (κ2) is 6.91. The molecule has 0 atom stereocenters. The lowest BCUT2D eigenvalue weighted by Gasteiger charge is -2.15. The van der Waals surface area contributed by atoms with Crippen LogP contribution in [0.15, 0.2) is 48.8 Å². The molecule has 0 aliphatic carbocycles. The number of nitro groups is 1. The number of carbonyl (C=O) groups is 2. The lowest BCUT2D eigenvalue weighted by Crippen LogP contribution is -2.26. The lowest BCUT2D eigenvalue weighted by molar-refractivity contribution is -0.384. The van der Waals surface area contributed by atoms with Crippen LogP contribution >= 0.6 is 0 Å². The van der Waals surface area contributed by atoms with E-state index in [0.717, 1.165) is 11.3 Å². The standard InChI is InChI=1S/C18H14N6O4/c25-17(11-1-3-13(4-2-11)24(27)28)20-16-14-9-23(10-15(14)21-22-16)18(26)12-5-7-19-8-6-12/h1-8H,9-10H2,(H2,20,21,22,25). The number of anilines is 1. The maximum atomic E-state index is 12.6. The molecular formula is C18H14N6O4. The van der Waals surface area contributed by atoms with Gasteiger partial charge in [0.1, 0.15) is 0 Å². The van der Waals surface area contributed by atoms with E-state index < -0.39 is 10.8 Å². The molecule has 10 heteroatoms. The summed E-state index contributed by atoms with van der Waals surface area (Å²) in [7, 11) is 0. The van der Waals surface area contributed by atoms with Crippen LogP contribution in [0.1, 0.15) is 32.0 Å². The number of aromatic amines is 1. The number of nitrogens with zero attached hydrogens (tertiary/aromatic N) is 4. The molecule has 140 valence electrons. The van der Waals surface area contributed by atoms with Crippen molar-refractivity contribution in [2.75, 3.05) is 5.32 Å². The molecule has 10 nitrogen and oxygen atoms in total. The molecule has 0 saturated heterocycles. The second-order valence-corrected chi connectivity index (χ2v) is 6.18. The number of aromatic nitrogens is 3. The first kappa shape index (κ1) is 17.3. The summed E-state index contributed by atoms with van der Waals surface area (Å²) in [6.07, 6.45) is 3.11. The van der Waals surface area contributed by atoms with E-state index in [4.69, 9.17) is 0 Å². The number of fused-ring (bicyclic) bond motifs is 1. The zero-order valence-electron chi connectivity index (χ0n) is 14.5. The van der Waals surface area contributed by atoms with Gasteiger partial charge in [0.2, 0.25) is 0 Å². The maximum absolute atomic E-state index is 12.6. The van der Waals surface area contributed by atoms with Crippen LogP contribution in [0.4, 0.5) is 11.5 Å². The summed E-state index contributed by atoms with van der Waals surface area (Å²) in [5.74, 6) is -0.244. The van der Waals surface area contributed by atoms with E-state index in [-0.39, 0.29) is 17.2 Å². The zero-order valence-corrected chi connectivity index (χ0v) is 14.5. The fourth-order valence-corrected chi connectivity index (χ4v) is 2.98. The molecule has 2 amide bonds. The Morgan fingerprint density at radius 1 is 1.07 bits per heavy atom. The molecule has 0 spiro atoms. The molecule has 3 aromatic rings. The first-order valence-electron chi connectivity index (χ1n) is 8.34. The minimum absolute atomic E-state index is 0.0949. The first-order valence-corrected chi connectivity index (χ1v) is 8.34. The minimum Gasteiger partial charge on any atom is -0.328 e. The van der Waals surface area contributed by atoms with E-state index in [0.29, 0.717) is 24.5 Å². The third-order valence-corrected chi connectivity index (χ3v) is 4.44. The monoisotopic (exact) mass is 378 g/mol. The highest BCUT2D eigenvalue weighted by molar-refractivity contribution is 6.04. The van der Waals surface area contributed by atoms with Gasteiger partial charge in [-0.05, 0) is 24.3 Å². The topological polar surface area (TPSA) is 134 Å². The third kappa shape index (κ3) is 3.18. The van der Waals surface area contributed by atoms with Gasteiger partial charge in [0, 0.05) is 41.2 Å². The zero-order chi connectivity index (χ0) is 19.7. The Balaban J connectivity index is 1.47. The highest BCUT2D eigenvalue weighted by Gasteiger charge is 2.29. The van der Waals surface area contributed by atoms with Crippen LogP contribution in [0.5, 0.6) is 0 Å². The molecule has 0 bridgehead atoms. The fourth-order valence-electron chi connectivity index (χ4n) is 2.98. The highest BCUT2D eigenvalue weighted by Crippen LogP contribution is 2.28. The first-order chi connectivity index (χ1) is 13.5. The number of hydrogen-bond donors (Lipinski definition) is 2. The number of hydrogen-bond acceptors (Lipinski definition) is 6. The summed E-state index contributed by atoms with van der Waals surface area (Å²) in [4.78, 5) is 40.7. The quantitative estimate of drug-likeness (QED) is 0.527. The summed E-state index contributed by atoms with van der Waals surface area (Å²) < 4.78 is 0. The largest absolute Gasteiger partial charge is 0.328 e. The fraction of sp³-hybridized carbons (Fsp3) is 0.111. The van der Waals surface area contributed by atoms with E-state index in [1.165, 1.54) is 24.3 Å². The molecule has 1 aliphatic rings. The Hall–Kier alpha value is -4.08. The number of benzene rings is 1. The smallest absolute Gasteiger partial charge is 0.269 e. The molecule has 28 heavy (non-hydrogen) atoms. The summed E-state index contributed by atoms with van der Waals surface area (Å²) in [6, 6.07) is 8.56. The molecule has 4 rings (SSSR count). The van der Waals surface area contributed by atoms with Crippen molar-refractivity contribution in [3.8, 4) is 0 Å². The van der Waals surface area contributed by atoms with Crippen LogP contribution in [0.2, 0.25) is 0 Å². The van der Waals surface area contributed by atoms with Gasteiger partial charge >= 0.3 is 0 Å². The van der Waals surface area contributed by atoms with E-state index in [2.05, 4.69) is 20.5 Å². The average molecular weight is 378 g/mol. The maximum Gasteiger partial charge on any atom is 0.269 e. The van der Waals surface area contributed by atoms with E-state index in [9.17, 15) is 19.7 Å². The normalized spacial score (nSPS) is 12.5. The number of pyridine rings is 1. The van der Waals surface area contributed by atoms with Crippen LogP contribution < -0.4 is 5.32 Å². The van der Waals surface area contributed by atoms with Gasteiger partial charge in [0.15, 0.2) is 5.82 Å². The highest BCUT2D eigenvalue weighted by atomic mass is 16.6. The van der Waals surface area contributed by atoms with E-state index in [1.807, 2.05) is 0 Å². The Morgan fingerprint density at radius 3 is 2.46 bits per heavy atom. The molecule has 1 aromatic carbocycles. The van der Waals surface area contributed by atoms with Crippen molar-refractivity contribution in [3.63, 3.8) is 0 Å². The van der Waals surface area contributed by atoms with Crippen molar-refractivity contribution in [3.05, 3.63) is 81.3 Å². The van der Waals surface area contributed by atoms with Gasteiger partial charge in [-0.3, -0.25) is 29.8 Å². The number of carbonyl (C=O) groups excluding carboxylic acids is 2. The predicted octanol–water partition coefficient (Wildman–Crippen LogP) is 2.12. The predicted molar refractivity (Wildman–Crippen MR) is 97.5 cm³/mol. The molecule has 0 unspecified atom stereocenters. The number of nitro benzene ring substituents is 1. The molecule has 2 aromatic heterocycles. The second-order valence-electron chi connectivity index (χ2n) is 6.18. The molecular weight excluding hydrogens is 364 g/mol. The summed E-state index contributed by atoms with van der Waals surface area (Å²) >= 11 is 0. The van der Waals surface area contributed by atoms with Crippen molar-refractivity contribution in [1.29, 1.82) is 0 Å². The van der Waals surface area contributed by atoms with E-state index >= 15 is 0 Å². The van der Waals surface area contributed by atoms with Gasteiger partial charge in [0.25, 0.3) is 17.5 Å². The van der Waals surface area contributed by atoms with Gasteiger partial charge in [-0.15, -0.1) is 0 Å². The SMILES string of the molecule is O=C(Nc1n[nH]c2c1CN(C(=O)c1ccncc1)C2)c1ccc([N+](=O)[O-])cc1.